The Hall–Kier alpha value is -4.03. The summed E-state index contributed by atoms with van der Waals surface area (Å²) in [7, 11) is 0. The fraction of sp³-hybridized carbons (Fsp3) is 0.485. The second kappa shape index (κ2) is 12.8. The van der Waals surface area contributed by atoms with Crippen LogP contribution in [0.4, 0.5) is 24.1 Å². The van der Waals surface area contributed by atoms with Crippen LogP contribution in [0.25, 0.3) is 0 Å². The molecule has 2 aromatic carbocycles. The number of likely N-dealkylation sites (tertiary alicyclic amines) is 1. The average Bonchev–Trinajstić information content (AvgIpc) is 3.39. The van der Waals surface area contributed by atoms with Crippen molar-refractivity contribution in [2.24, 2.45) is 0 Å². The van der Waals surface area contributed by atoms with Gasteiger partial charge >= 0.3 is 12.1 Å². The van der Waals surface area contributed by atoms with Crippen molar-refractivity contribution in [2.75, 3.05) is 31.6 Å². The Morgan fingerprint density at radius 3 is 2.67 bits per heavy atom. The van der Waals surface area contributed by atoms with E-state index in [-0.39, 0.29) is 42.8 Å². The number of carbonyl (C=O) groups excluding carboxylic acids is 2. The highest BCUT2D eigenvalue weighted by Gasteiger charge is 2.37. The third-order valence-corrected chi connectivity index (χ3v) is 9.35. The van der Waals surface area contributed by atoms with Gasteiger partial charge in [-0.2, -0.15) is 0 Å². The number of fused-ring (bicyclic) bond motifs is 2. The molecule has 2 atom stereocenters. The maximum Gasteiger partial charge on any atom is 0.322 e. The van der Waals surface area contributed by atoms with Gasteiger partial charge in [0.2, 0.25) is 0 Å². The first-order chi connectivity index (χ1) is 21.7. The zero-order valence-corrected chi connectivity index (χ0v) is 25.6. The number of anilines is 1. The predicted octanol–water partition coefficient (Wildman–Crippen LogP) is 5.25. The number of aromatic nitrogens is 2. The van der Waals surface area contributed by atoms with E-state index in [1.807, 2.05) is 47.6 Å². The molecule has 3 aliphatic heterocycles. The van der Waals surface area contributed by atoms with Crippen LogP contribution in [0, 0.1) is 11.6 Å². The number of carbonyl (C=O) groups is 2. The summed E-state index contributed by atoms with van der Waals surface area (Å²) < 4.78 is 37.1. The van der Waals surface area contributed by atoms with Crippen LogP contribution in [0.2, 0.25) is 0 Å². The van der Waals surface area contributed by atoms with Gasteiger partial charge in [-0.25, -0.2) is 23.4 Å². The highest BCUT2D eigenvalue weighted by molar-refractivity contribution is 5.92. The van der Waals surface area contributed by atoms with Crippen molar-refractivity contribution in [1.82, 2.24) is 24.7 Å². The van der Waals surface area contributed by atoms with Crippen LogP contribution in [-0.2, 0) is 23.4 Å². The van der Waals surface area contributed by atoms with Gasteiger partial charge < -0.3 is 34.8 Å². The molecule has 0 saturated carbocycles. The molecule has 0 bridgehead atoms. The number of piperidine rings is 1. The summed E-state index contributed by atoms with van der Waals surface area (Å²) in [5.74, 6) is -1.50. The lowest BCUT2D eigenvalue weighted by Gasteiger charge is -2.40. The topological polar surface area (TPSA) is 112 Å². The maximum atomic E-state index is 15.0. The zero-order valence-electron chi connectivity index (χ0n) is 25.6. The first kappa shape index (κ1) is 31.0. The molecule has 240 valence electrons. The molecule has 4 amide bonds. The van der Waals surface area contributed by atoms with Crippen LogP contribution in [0.1, 0.15) is 74.1 Å². The number of benzene rings is 2. The minimum atomic E-state index is -0.895. The van der Waals surface area contributed by atoms with Crippen LogP contribution in [0.15, 0.2) is 48.7 Å². The quantitative estimate of drug-likeness (QED) is 0.334. The standard InChI is InChI=1S/C33H40F2N6O4/c1-33(2,45-17-16-42)28-18-36-30-27(11-10-21(19-41(28)30)24-7-5-8-25(34)29(24)35)38-31(43)39-14-12-23(13-15-39)40-20-22-6-3-4-9-26(22)37-32(40)44/h3-9,18,21,23,27,42H,10-17,19-20H2,1-2H3,(H,37,44)(H,38,43)/t21-,27-/m1/s1. The van der Waals surface area contributed by atoms with Gasteiger partial charge in [0, 0.05) is 43.8 Å². The van der Waals surface area contributed by atoms with E-state index in [1.54, 1.807) is 17.2 Å². The Kier molecular flexibility index (Phi) is 8.78. The van der Waals surface area contributed by atoms with Crippen LogP contribution in [-0.4, -0.2) is 68.9 Å². The number of hydrogen-bond acceptors (Lipinski definition) is 5. The summed E-state index contributed by atoms with van der Waals surface area (Å²) in [6, 6.07) is 11.2. The van der Waals surface area contributed by atoms with Crippen molar-refractivity contribution in [3.63, 3.8) is 0 Å². The Labute approximate surface area is 261 Å². The Morgan fingerprint density at radius 2 is 1.89 bits per heavy atom. The number of urea groups is 2. The molecule has 10 nitrogen and oxygen atoms in total. The van der Waals surface area contributed by atoms with Gasteiger partial charge in [-0.1, -0.05) is 30.3 Å². The van der Waals surface area contributed by atoms with E-state index in [1.165, 1.54) is 6.07 Å². The van der Waals surface area contributed by atoms with Crippen LogP contribution >= 0.6 is 0 Å². The fourth-order valence-electron chi connectivity index (χ4n) is 6.89. The number of imidazole rings is 1. The number of para-hydroxylation sites is 1. The molecule has 6 rings (SSSR count). The van der Waals surface area contributed by atoms with Crippen molar-refractivity contribution in [3.05, 3.63) is 82.9 Å². The van der Waals surface area contributed by atoms with Crippen molar-refractivity contribution >= 4 is 17.7 Å². The molecule has 3 N–H and O–H groups in total. The summed E-state index contributed by atoms with van der Waals surface area (Å²) in [5.41, 5.74) is 2.08. The molecule has 0 spiro atoms. The normalized spacial score (nSPS) is 20.7. The molecule has 3 aliphatic rings. The molecule has 1 aromatic heterocycles. The first-order valence-electron chi connectivity index (χ1n) is 15.6. The molecule has 45 heavy (non-hydrogen) atoms. The van der Waals surface area contributed by atoms with E-state index in [2.05, 4.69) is 10.6 Å². The number of aliphatic hydroxyl groups is 1. The van der Waals surface area contributed by atoms with Crippen LogP contribution < -0.4 is 10.6 Å². The van der Waals surface area contributed by atoms with Crippen molar-refractivity contribution in [3.8, 4) is 0 Å². The third-order valence-electron chi connectivity index (χ3n) is 9.35. The molecule has 0 radical (unpaired) electrons. The van der Waals surface area contributed by atoms with Gasteiger partial charge in [-0.05, 0) is 62.8 Å². The number of nitrogens with one attached hydrogen (secondary N) is 2. The third kappa shape index (κ3) is 6.26. The highest BCUT2D eigenvalue weighted by Crippen LogP contribution is 2.38. The number of halogens is 2. The number of rotatable bonds is 7. The van der Waals surface area contributed by atoms with Crippen LogP contribution in [0.3, 0.4) is 0 Å². The molecule has 4 heterocycles. The molecular formula is C33H40F2N6O4. The van der Waals surface area contributed by atoms with E-state index in [0.717, 1.165) is 23.0 Å². The van der Waals surface area contributed by atoms with E-state index < -0.39 is 23.3 Å². The minimum absolute atomic E-state index is 0.0184. The Morgan fingerprint density at radius 1 is 1.11 bits per heavy atom. The lowest BCUT2D eigenvalue weighted by Crippen LogP contribution is -2.52. The predicted molar refractivity (Wildman–Crippen MR) is 163 cm³/mol. The molecule has 0 unspecified atom stereocenters. The van der Waals surface area contributed by atoms with E-state index >= 15 is 0 Å². The molecule has 3 aromatic rings. The maximum absolute atomic E-state index is 15.0. The Balaban J connectivity index is 1.18. The summed E-state index contributed by atoms with van der Waals surface area (Å²) in [6.07, 6.45) is 3.99. The van der Waals surface area contributed by atoms with Crippen molar-refractivity contribution in [2.45, 2.75) is 76.2 Å². The SMILES string of the molecule is CC(C)(OCCO)c1cnc2n1C[C@H](c1cccc(F)c1F)CC[C@H]2NC(=O)N1CCC(N2Cc3ccccc3NC2=O)CC1. The smallest absolute Gasteiger partial charge is 0.322 e. The van der Waals surface area contributed by atoms with Crippen molar-refractivity contribution < 1.29 is 28.2 Å². The van der Waals surface area contributed by atoms with E-state index in [0.29, 0.717) is 57.7 Å². The minimum Gasteiger partial charge on any atom is -0.394 e. The molecule has 1 saturated heterocycles. The lowest BCUT2D eigenvalue weighted by molar-refractivity contribution is -0.0421. The van der Waals surface area contributed by atoms with Gasteiger partial charge in [0.1, 0.15) is 11.4 Å². The lowest BCUT2D eigenvalue weighted by atomic mass is 9.92. The number of nitrogens with zero attached hydrogens (tertiary/aromatic N) is 4. The largest absolute Gasteiger partial charge is 0.394 e. The van der Waals surface area contributed by atoms with Crippen molar-refractivity contribution in [1.29, 1.82) is 0 Å². The number of amides is 4. The monoisotopic (exact) mass is 622 g/mol. The molecule has 1 fully saturated rings. The second-order valence-electron chi connectivity index (χ2n) is 12.5. The van der Waals surface area contributed by atoms with E-state index in [9.17, 15) is 23.5 Å². The van der Waals surface area contributed by atoms with Gasteiger partial charge in [0.25, 0.3) is 0 Å². The van der Waals surface area contributed by atoms with Gasteiger partial charge in [-0.15, -0.1) is 0 Å². The highest BCUT2D eigenvalue weighted by atomic mass is 19.2. The van der Waals surface area contributed by atoms with Gasteiger partial charge in [0.15, 0.2) is 11.6 Å². The number of aliphatic hydroxyl groups excluding tert-OH is 1. The second-order valence-corrected chi connectivity index (χ2v) is 12.5. The molecule has 12 heteroatoms. The van der Waals surface area contributed by atoms with E-state index in [4.69, 9.17) is 9.72 Å². The number of hydrogen-bond donors (Lipinski definition) is 3. The first-order valence-corrected chi connectivity index (χ1v) is 15.6. The summed E-state index contributed by atoms with van der Waals surface area (Å²) >= 11 is 0. The average molecular weight is 623 g/mol. The molecular weight excluding hydrogens is 582 g/mol. The van der Waals surface area contributed by atoms with Crippen LogP contribution in [0.5, 0.6) is 0 Å². The molecule has 0 aliphatic carbocycles. The zero-order chi connectivity index (χ0) is 31.7. The summed E-state index contributed by atoms with van der Waals surface area (Å²) in [5, 5.41) is 15.5. The summed E-state index contributed by atoms with van der Waals surface area (Å²) in [4.78, 5) is 34.8. The fourth-order valence-corrected chi connectivity index (χ4v) is 6.89. The van der Waals surface area contributed by atoms with Gasteiger partial charge in [0.05, 0.1) is 31.1 Å². The Bertz CT molecular complexity index is 1550. The summed E-state index contributed by atoms with van der Waals surface area (Å²) in [6.45, 7) is 5.57. The van der Waals surface area contributed by atoms with Gasteiger partial charge in [-0.3, -0.25) is 0 Å². The number of ether oxygens (including phenoxy) is 1.